The first kappa shape index (κ1) is 16.6. The monoisotopic (exact) mass is 305 g/mol. The Hall–Kier alpha value is -1.75. The third kappa shape index (κ3) is 6.35. The van der Waals surface area contributed by atoms with Gasteiger partial charge in [-0.3, -0.25) is 4.99 Å². The van der Waals surface area contributed by atoms with Gasteiger partial charge in [0.25, 0.3) is 0 Å². The summed E-state index contributed by atoms with van der Waals surface area (Å²) in [5, 5.41) is 6.54. The summed E-state index contributed by atoms with van der Waals surface area (Å²) >= 11 is 0. The molecule has 0 bridgehead atoms. The number of guanidine groups is 1. The lowest BCUT2D eigenvalue weighted by Crippen LogP contribution is -2.39. The second-order valence-electron chi connectivity index (χ2n) is 5.27. The Morgan fingerprint density at radius 2 is 2.18 bits per heavy atom. The Morgan fingerprint density at radius 3 is 2.91 bits per heavy atom. The summed E-state index contributed by atoms with van der Waals surface area (Å²) in [5.41, 5.74) is 0. The Kier molecular flexibility index (Phi) is 7.60. The summed E-state index contributed by atoms with van der Waals surface area (Å²) in [7, 11) is 0. The smallest absolute Gasteiger partial charge is 0.191 e. The summed E-state index contributed by atoms with van der Waals surface area (Å²) in [6, 6.07) is 9.84. The van der Waals surface area contributed by atoms with E-state index in [1.807, 2.05) is 30.3 Å². The van der Waals surface area contributed by atoms with Crippen molar-refractivity contribution >= 4 is 5.96 Å². The molecule has 1 aliphatic heterocycles. The molecule has 0 aliphatic carbocycles. The van der Waals surface area contributed by atoms with Crippen molar-refractivity contribution in [3.8, 4) is 5.75 Å². The van der Waals surface area contributed by atoms with Crippen molar-refractivity contribution in [2.24, 2.45) is 4.99 Å². The summed E-state index contributed by atoms with van der Waals surface area (Å²) in [6.07, 6.45) is 3.75. The molecule has 1 aliphatic rings. The van der Waals surface area contributed by atoms with Crippen LogP contribution >= 0.6 is 0 Å². The fourth-order valence-corrected chi connectivity index (χ4v) is 2.39. The molecule has 2 N–H and O–H groups in total. The molecule has 1 aromatic carbocycles. The van der Waals surface area contributed by atoms with Gasteiger partial charge in [0.2, 0.25) is 0 Å². The van der Waals surface area contributed by atoms with E-state index in [1.54, 1.807) is 0 Å². The van der Waals surface area contributed by atoms with Crippen molar-refractivity contribution in [1.29, 1.82) is 0 Å². The zero-order chi connectivity index (χ0) is 15.5. The Bertz CT molecular complexity index is 431. The molecule has 1 fully saturated rings. The minimum atomic E-state index is 0.396. The fraction of sp³-hybridized carbons (Fsp3) is 0.588. The first-order valence-electron chi connectivity index (χ1n) is 8.20. The van der Waals surface area contributed by atoms with Gasteiger partial charge in [0.05, 0.1) is 12.6 Å². The van der Waals surface area contributed by atoms with Crippen LogP contribution in [0.2, 0.25) is 0 Å². The lowest BCUT2D eigenvalue weighted by atomic mass is 10.2. The average molecular weight is 305 g/mol. The van der Waals surface area contributed by atoms with E-state index >= 15 is 0 Å². The van der Waals surface area contributed by atoms with Gasteiger partial charge in [0.1, 0.15) is 12.4 Å². The maximum absolute atomic E-state index is 5.66. The van der Waals surface area contributed by atoms with Crippen LogP contribution in [0.1, 0.15) is 26.2 Å². The van der Waals surface area contributed by atoms with Gasteiger partial charge >= 0.3 is 0 Å². The topological polar surface area (TPSA) is 54.9 Å². The van der Waals surface area contributed by atoms with Crippen LogP contribution in [0.3, 0.4) is 0 Å². The summed E-state index contributed by atoms with van der Waals surface area (Å²) in [4.78, 5) is 4.58. The maximum Gasteiger partial charge on any atom is 0.191 e. The lowest BCUT2D eigenvalue weighted by molar-refractivity contribution is 0.106. The van der Waals surface area contributed by atoms with Gasteiger partial charge in [0, 0.05) is 19.7 Å². The highest BCUT2D eigenvalue weighted by atomic mass is 16.5. The first-order valence-corrected chi connectivity index (χ1v) is 8.20. The summed E-state index contributed by atoms with van der Waals surface area (Å²) in [6.45, 7) is 5.95. The third-order valence-electron chi connectivity index (χ3n) is 3.50. The van der Waals surface area contributed by atoms with E-state index in [1.165, 1.54) is 12.8 Å². The number of aliphatic imine (C=N–C) groups is 1. The molecule has 1 aromatic rings. The van der Waals surface area contributed by atoms with E-state index in [-0.39, 0.29) is 0 Å². The molecular formula is C17H27N3O2. The van der Waals surface area contributed by atoms with E-state index in [9.17, 15) is 0 Å². The summed E-state index contributed by atoms with van der Waals surface area (Å²) < 4.78 is 11.3. The molecule has 0 radical (unpaired) electrons. The standard InChI is InChI=1S/C17H27N3O2/c1-2-18-17(19-11-10-16-9-6-13-21-16)20-12-14-22-15-7-4-3-5-8-15/h3-5,7-8,16H,2,6,9-14H2,1H3,(H2,18,19,20). The number of nitrogens with one attached hydrogen (secondary N) is 2. The van der Waals surface area contributed by atoms with Crippen molar-refractivity contribution in [2.45, 2.75) is 32.3 Å². The molecule has 0 saturated carbocycles. The largest absolute Gasteiger partial charge is 0.492 e. The molecule has 1 unspecified atom stereocenters. The second kappa shape index (κ2) is 10.1. The van der Waals surface area contributed by atoms with E-state index in [4.69, 9.17) is 9.47 Å². The van der Waals surface area contributed by atoms with Crippen LogP contribution in [0.5, 0.6) is 5.75 Å². The SMILES string of the molecule is CCNC(=NCCC1CCCO1)NCCOc1ccccc1. The molecule has 0 aromatic heterocycles. The minimum absolute atomic E-state index is 0.396. The van der Waals surface area contributed by atoms with Crippen LogP contribution in [0.4, 0.5) is 0 Å². The molecule has 0 spiro atoms. The highest BCUT2D eigenvalue weighted by molar-refractivity contribution is 5.79. The Labute approximate surface area is 133 Å². The summed E-state index contributed by atoms with van der Waals surface area (Å²) in [5.74, 6) is 1.74. The van der Waals surface area contributed by atoms with Crippen LogP contribution in [0.25, 0.3) is 0 Å². The molecule has 1 saturated heterocycles. The zero-order valence-corrected chi connectivity index (χ0v) is 13.4. The van der Waals surface area contributed by atoms with Crippen molar-refractivity contribution in [3.05, 3.63) is 30.3 Å². The zero-order valence-electron chi connectivity index (χ0n) is 13.4. The number of hydrogen-bond donors (Lipinski definition) is 2. The number of para-hydroxylation sites is 1. The predicted octanol–water partition coefficient (Wildman–Crippen LogP) is 2.19. The molecule has 5 nitrogen and oxygen atoms in total. The molecule has 1 atom stereocenters. The van der Waals surface area contributed by atoms with Crippen molar-refractivity contribution in [2.75, 3.05) is 32.8 Å². The van der Waals surface area contributed by atoms with Crippen molar-refractivity contribution in [1.82, 2.24) is 10.6 Å². The van der Waals surface area contributed by atoms with Crippen LogP contribution in [-0.4, -0.2) is 44.9 Å². The van der Waals surface area contributed by atoms with E-state index in [0.717, 1.165) is 44.4 Å². The van der Waals surface area contributed by atoms with E-state index in [0.29, 0.717) is 12.7 Å². The van der Waals surface area contributed by atoms with Crippen LogP contribution in [0, 0.1) is 0 Å². The van der Waals surface area contributed by atoms with Gasteiger partial charge < -0.3 is 20.1 Å². The molecular weight excluding hydrogens is 278 g/mol. The highest BCUT2D eigenvalue weighted by Crippen LogP contribution is 2.14. The van der Waals surface area contributed by atoms with Gasteiger partial charge in [-0.15, -0.1) is 0 Å². The predicted molar refractivity (Wildman–Crippen MR) is 89.5 cm³/mol. The van der Waals surface area contributed by atoms with Crippen LogP contribution in [-0.2, 0) is 4.74 Å². The van der Waals surface area contributed by atoms with Gasteiger partial charge in [-0.1, -0.05) is 18.2 Å². The van der Waals surface area contributed by atoms with Gasteiger partial charge in [-0.25, -0.2) is 0 Å². The number of nitrogens with zero attached hydrogens (tertiary/aromatic N) is 1. The van der Waals surface area contributed by atoms with Gasteiger partial charge in [-0.2, -0.15) is 0 Å². The molecule has 2 rings (SSSR count). The number of rotatable bonds is 8. The fourth-order valence-electron chi connectivity index (χ4n) is 2.39. The molecule has 5 heteroatoms. The van der Waals surface area contributed by atoms with Crippen molar-refractivity contribution in [3.63, 3.8) is 0 Å². The van der Waals surface area contributed by atoms with Gasteiger partial charge in [0.15, 0.2) is 5.96 Å². The van der Waals surface area contributed by atoms with Gasteiger partial charge in [-0.05, 0) is 38.3 Å². The average Bonchev–Trinajstić information content (AvgIpc) is 3.06. The van der Waals surface area contributed by atoms with Crippen LogP contribution < -0.4 is 15.4 Å². The lowest BCUT2D eigenvalue weighted by Gasteiger charge is -2.13. The normalized spacial score (nSPS) is 18.2. The Balaban J connectivity index is 1.64. The molecule has 22 heavy (non-hydrogen) atoms. The van der Waals surface area contributed by atoms with E-state index in [2.05, 4.69) is 22.5 Å². The number of benzene rings is 1. The first-order chi connectivity index (χ1) is 10.9. The third-order valence-corrected chi connectivity index (χ3v) is 3.50. The van der Waals surface area contributed by atoms with Crippen LogP contribution in [0.15, 0.2) is 35.3 Å². The molecule has 1 heterocycles. The maximum atomic E-state index is 5.66. The minimum Gasteiger partial charge on any atom is -0.492 e. The molecule has 122 valence electrons. The number of ether oxygens (including phenoxy) is 2. The quantitative estimate of drug-likeness (QED) is 0.439. The Morgan fingerprint density at radius 1 is 1.32 bits per heavy atom. The van der Waals surface area contributed by atoms with Crippen molar-refractivity contribution < 1.29 is 9.47 Å². The molecule has 0 amide bonds. The second-order valence-corrected chi connectivity index (χ2v) is 5.27. The van der Waals surface area contributed by atoms with E-state index < -0.39 is 0 Å². The number of hydrogen-bond acceptors (Lipinski definition) is 3. The highest BCUT2D eigenvalue weighted by Gasteiger charge is 2.14.